The van der Waals surface area contributed by atoms with Crippen molar-refractivity contribution in [2.45, 2.75) is 32.7 Å². The van der Waals surface area contributed by atoms with Gasteiger partial charge in [0.2, 0.25) is 0 Å². The van der Waals surface area contributed by atoms with Gasteiger partial charge in [0.1, 0.15) is 17.3 Å². The van der Waals surface area contributed by atoms with Crippen molar-refractivity contribution in [2.75, 3.05) is 13.7 Å². The number of para-hydroxylation sites is 1. The van der Waals surface area contributed by atoms with Crippen molar-refractivity contribution < 1.29 is 9.47 Å². The molecule has 33 heavy (non-hydrogen) atoms. The molecule has 1 aromatic heterocycles. The number of aromatic nitrogens is 2. The second kappa shape index (κ2) is 10.7. The van der Waals surface area contributed by atoms with Crippen LogP contribution in [0, 0.1) is 6.92 Å². The molecule has 0 amide bonds. The van der Waals surface area contributed by atoms with E-state index in [1.54, 1.807) is 11.7 Å². The number of rotatable bonds is 9. The van der Waals surface area contributed by atoms with Crippen LogP contribution in [-0.2, 0) is 6.54 Å². The van der Waals surface area contributed by atoms with Gasteiger partial charge in [-0.15, -0.1) is 0 Å². The Bertz CT molecular complexity index is 1300. The van der Waals surface area contributed by atoms with Crippen LogP contribution in [0.2, 0.25) is 0 Å². The van der Waals surface area contributed by atoms with Crippen LogP contribution < -0.4 is 15.0 Å². The second-order valence-corrected chi connectivity index (χ2v) is 8.84. The number of nitrogens with zero attached hydrogens (tertiary/aromatic N) is 2. The summed E-state index contributed by atoms with van der Waals surface area (Å²) in [6.45, 7) is 3.29. The van der Waals surface area contributed by atoms with Crippen LogP contribution in [0.15, 0.2) is 76.0 Å². The summed E-state index contributed by atoms with van der Waals surface area (Å²) in [6.07, 6.45) is 2.72. The van der Waals surface area contributed by atoms with Gasteiger partial charge in [0, 0.05) is 12.1 Å². The molecule has 0 aliphatic rings. The van der Waals surface area contributed by atoms with Crippen molar-refractivity contribution in [3.05, 3.63) is 87.1 Å². The maximum atomic E-state index is 13.3. The molecular weight excluding hydrogens is 480 g/mol. The highest BCUT2D eigenvalue weighted by Gasteiger charge is 2.13. The Balaban J connectivity index is 1.46. The fourth-order valence-corrected chi connectivity index (χ4v) is 4.40. The summed E-state index contributed by atoms with van der Waals surface area (Å²) in [5, 5.41) is 0.641. The van der Waals surface area contributed by atoms with Crippen LogP contribution in [-0.4, -0.2) is 23.3 Å². The lowest BCUT2D eigenvalue weighted by Crippen LogP contribution is -2.23. The van der Waals surface area contributed by atoms with Gasteiger partial charge in [-0.25, -0.2) is 4.98 Å². The molecule has 3 aromatic carbocycles. The Kier molecular flexibility index (Phi) is 7.45. The van der Waals surface area contributed by atoms with E-state index >= 15 is 0 Å². The normalized spacial score (nSPS) is 11.0. The average Bonchev–Trinajstić information content (AvgIpc) is 2.83. The maximum Gasteiger partial charge on any atom is 0.261 e. The summed E-state index contributed by atoms with van der Waals surface area (Å²) in [5.74, 6) is 2.31. The molecule has 0 N–H and O–H groups in total. The Labute approximate surface area is 202 Å². The zero-order valence-electron chi connectivity index (χ0n) is 18.9. The molecule has 6 heteroatoms. The molecule has 0 saturated heterocycles. The molecule has 0 aliphatic heterocycles. The molecule has 0 radical (unpaired) electrons. The van der Waals surface area contributed by atoms with Crippen LogP contribution in [0.3, 0.4) is 0 Å². The number of methoxy groups -OCH3 is 1. The number of fused-ring (bicyclic) bond motifs is 1. The fourth-order valence-electron chi connectivity index (χ4n) is 3.79. The third-order valence-electron chi connectivity index (χ3n) is 5.58. The summed E-state index contributed by atoms with van der Waals surface area (Å²) in [6, 6.07) is 21.3. The molecule has 0 aliphatic carbocycles. The van der Waals surface area contributed by atoms with Crippen molar-refractivity contribution in [1.29, 1.82) is 0 Å². The number of benzene rings is 3. The smallest absolute Gasteiger partial charge is 0.261 e. The number of ether oxygens (including phenoxy) is 2. The lowest BCUT2D eigenvalue weighted by atomic mass is 10.1. The zero-order valence-corrected chi connectivity index (χ0v) is 20.5. The number of unbranched alkanes of at least 4 members (excludes halogenated alkanes) is 2. The molecule has 0 unspecified atom stereocenters. The van der Waals surface area contributed by atoms with Gasteiger partial charge < -0.3 is 9.47 Å². The fraction of sp³-hybridized carbons (Fsp3) is 0.259. The molecule has 4 rings (SSSR count). The van der Waals surface area contributed by atoms with E-state index in [-0.39, 0.29) is 5.56 Å². The van der Waals surface area contributed by atoms with E-state index in [4.69, 9.17) is 14.5 Å². The van der Waals surface area contributed by atoms with Gasteiger partial charge in [0.05, 0.1) is 29.1 Å². The molecular formula is C27H27BrN2O3. The van der Waals surface area contributed by atoms with Crippen molar-refractivity contribution >= 4 is 26.8 Å². The third kappa shape index (κ3) is 5.45. The molecule has 0 atom stereocenters. The SMILES string of the molecule is COc1ccc(-c2nc3ccccc3c(=O)n2CCCCCOc2ccc(C)cc2Br)cc1. The first-order chi connectivity index (χ1) is 16.1. The predicted octanol–water partition coefficient (Wildman–Crippen LogP) is 6.39. The molecule has 0 bridgehead atoms. The average molecular weight is 507 g/mol. The first-order valence-electron chi connectivity index (χ1n) is 11.1. The van der Waals surface area contributed by atoms with Crippen molar-refractivity contribution in [1.82, 2.24) is 9.55 Å². The highest BCUT2D eigenvalue weighted by Crippen LogP contribution is 2.26. The molecule has 0 saturated carbocycles. The molecule has 5 nitrogen and oxygen atoms in total. The highest BCUT2D eigenvalue weighted by molar-refractivity contribution is 9.10. The van der Waals surface area contributed by atoms with Crippen molar-refractivity contribution in [3.8, 4) is 22.9 Å². The van der Waals surface area contributed by atoms with Crippen LogP contribution in [0.5, 0.6) is 11.5 Å². The third-order valence-corrected chi connectivity index (χ3v) is 6.20. The van der Waals surface area contributed by atoms with Crippen LogP contribution in [0.1, 0.15) is 24.8 Å². The Morgan fingerprint density at radius 1 is 0.970 bits per heavy atom. The Hall–Kier alpha value is -3.12. The van der Waals surface area contributed by atoms with Gasteiger partial charge >= 0.3 is 0 Å². The van der Waals surface area contributed by atoms with E-state index in [1.165, 1.54) is 5.56 Å². The summed E-state index contributed by atoms with van der Waals surface area (Å²) in [5.41, 5.74) is 2.79. The van der Waals surface area contributed by atoms with Crippen molar-refractivity contribution in [3.63, 3.8) is 0 Å². The highest BCUT2D eigenvalue weighted by atomic mass is 79.9. The first-order valence-corrected chi connectivity index (χ1v) is 11.9. The van der Waals surface area contributed by atoms with Crippen LogP contribution in [0.25, 0.3) is 22.3 Å². The summed E-state index contributed by atoms with van der Waals surface area (Å²) < 4.78 is 13.9. The zero-order chi connectivity index (χ0) is 23.2. The van der Waals surface area contributed by atoms with Gasteiger partial charge in [0.15, 0.2) is 0 Å². The quantitative estimate of drug-likeness (QED) is 0.246. The van der Waals surface area contributed by atoms with E-state index in [1.807, 2.05) is 60.7 Å². The molecule has 170 valence electrons. The van der Waals surface area contributed by atoms with E-state index in [2.05, 4.69) is 28.9 Å². The number of halogens is 1. The number of hydrogen-bond acceptors (Lipinski definition) is 4. The minimum absolute atomic E-state index is 0.00810. The molecule has 0 fully saturated rings. The molecule has 1 heterocycles. The van der Waals surface area contributed by atoms with E-state index in [0.717, 1.165) is 40.8 Å². The Morgan fingerprint density at radius 2 is 1.76 bits per heavy atom. The lowest BCUT2D eigenvalue weighted by molar-refractivity contribution is 0.302. The number of aryl methyl sites for hydroxylation is 1. The number of hydrogen-bond donors (Lipinski definition) is 0. The van der Waals surface area contributed by atoms with Crippen molar-refractivity contribution in [2.24, 2.45) is 0 Å². The minimum Gasteiger partial charge on any atom is -0.497 e. The topological polar surface area (TPSA) is 53.3 Å². The maximum absolute atomic E-state index is 13.3. The van der Waals surface area contributed by atoms with Gasteiger partial charge in [-0.3, -0.25) is 9.36 Å². The Morgan fingerprint density at radius 3 is 2.52 bits per heavy atom. The van der Waals surface area contributed by atoms with Gasteiger partial charge in [-0.2, -0.15) is 0 Å². The standard InChI is InChI=1S/C27H27BrN2O3/c1-19-10-15-25(23(28)18-19)33-17-7-3-6-16-30-26(20-11-13-21(32-2)14-12-20)29-24-9-5-4-8-22(24)27(30)31/h4-5,8-15,18H,3,6-7,16-17H2,1-2H3. The summed E-state index contributed by atoms with van der Waals surface area (Å²) in [7, 11) is 1.64. The van der Waals surface area contributed by atoms with E-state index < -0.39 is 0 Å². The molecule has 4 aromatic rings. The van der Waals surface area contributed by atoms with E-state index in [0.29, 0.717) is 29.9 Å². The summed E-state index contributed by atoms with van der Waals surface area (Å²) >= 11 is 3.55. The van der Waals surface area contributed by atoms with Gasteiger partial charge in [0.25, 0.3) is 5.56 Å². The largest absolute Gasteiger partial charge is 0.497 e. The van der Waals surface area contributed by atoms with Gasteiger partial charge in [-0.1, -0.05) is 18.2 Å². The monoisotopic (exact) mass is 506 g/mol. The molecule has 0 spiro atoms. The second-order valence-electron chi connectivity index (χ2n) is 7.98. The summed E-state index contributed by atoms with van der Waals surface area (Å²) in [4.78, 5) is 18.1. The van der Waals surface area contributed by atoms with Gasteiger partial charge in [-0.05, 0) is 96.2 Å². The lowest BCUT2D eigenvalue weighted by Gasteiger charge is -2.14. The van der Waals surface area contributed by atoms with E-state index in [9.17, 15) is 4.79 Å². The predicted molar refractivity (Wildman–Crippen MR) is 136 cm³/mol. The van der Waals surface area contributed by atoms with Crippen LogP contribution >= 0.6 is 15.9 Å². The van der Waals surface area contributed by atoms with Crippen LogP contribution in [0.4, 0.5) is 0 Å². The minimum atomic E-state index is -0.00810. The first kappa shape index (κ1) is 23.1.